The number of aromatic amines is 1. The molecule has 0 aliphatic carbocycles. The van der Waals surface area contributed by atoms with Crippen LogP contribution < -0.4 is 0 Å². The molecular weight excluding hydrogens is 392 g/mol. The zero-order valence-corrected chi connectivity index (χ0v) is 17.9. The normalized spacial score (nSPS) is 17.8. The summed E-state index contributed by atoms with van der Waals surface area (Å²) in [7, 11) is 2.04. The summed E-state index contributed by atoms with van der Waals surface area (Å²) in [5.74, 6) is 0. The molecule has 3 nitrogen and oxygen atoms in total. The average Bonchev–Trinajstić information content (AvgIpc) is 3.25. The summed E-state index contributed by atoms with van der Waals surface area (Å²) >= 11 is 0. The minimum absolute atomic E-state index is 0.0251. The Morgan fingerprint density at radius 2 is 1.22 bits per heavy atom. The molecule has 1 N–H and O–H groups in total. The topological polar surface area (TPSA) is 28.3 Å². The Morgan fingerprint density at radius 1 is 0.688 bits per heavy atom. The summed E-state index contributed by atoms with van der Waals surface area (Å²) in [6.07, 6.45) is 0. The van der Waals surface area contributed by atoms with Crippen LogP contribution in [-0.2, 0) is 10.4 Å². The maximum atomic E-state index is 6.97. The summed E-state index contributed by atoms with van der Waals surface area (Å²) < 4.78 is 0. The monoisotopic (exact) mass is 416 g/mol. The SMILES string of the molecule is CN1OC(c2ccccc2)(c2ccccc2)c2[nH]c3ccccc3c2[C@@H]1c1ccccc1. The number of H-pyrrole nitrogens is 1. The van der Waals surface area contributed by atoms with Crippen LogP contribution in [0, 0.1) is 0 Å². The molecule has 0 saturated carbocycles. The second kappa shape index (κ2) is 7.49. The van der Waals surface area contributed by atoms with Gasteiger partial charge in [-0.05, 0) is 22.8 Å². The molecule has 2 heterocycles. The molecule has 0 unspecified atom stereocenters. The van der Waals surface area contributed by atoms with Gasteiger partial charge in [0.2, 0.25) is 0 Å². The van der Waals surface area contributed by atoms with Gasteiger partial charge in [-0.2, -0.15) is 5.06 Å². The summed E-state index contributed by atoms with van der Waals surface area (Å²) in [5.41, 5.74) is 6.08. The summed E-state index contributed by atoms with van der Waals surface area (Å²) in [4.78, 5) is 10.7. The molecule has 0 saturated heterocycles. The summed E-state index contributed by atoms with van der Waals surface area (Å²) in [5, 5.41) is 3.25. The highest BCUT2D eigenvalue weighted by atomic mass is 16.7. The maximum absolute atomic E-state index is 6.97. The first kappa shape index (κ1) is 19.1. The van der Waals surface area contributed by atoms with Crippen molar-refractivity contribution in [1.82, 2.24) is 10.0 Å². The van der Waals surface area contributed by atoms with Crippen LogP contribution in [0.25, 0.3) is 10.9 Å². The Morgan fingerprint density at radius 3 is 1.84 bits per heavy atom. The van der Waals surface area contributed by atoms with E-state index < -0.39 is 5.60 Å². The molecule has 0 radical (unpaired) electrons. The average molecular weight is 417 g/mol. The number of fused-ring (bicyclic) bond motifs is 3. The predicted molar refractivity (Wildman–Crippen MR) is 128 cm³/mol. The number of nitrogens with one attached hydrogen (secondary N) is 1. The first-order chi connectivity index (χ1) is 15.8. The van der Waals surface area contributed by atoms with Gasteiger partial charge in [0.15, 0.2) is 5.60 Å². The smallest absolute Gasteiger partial charge is 0.180 e. The van der Waals surface area contributed by atoms with Gasteiger partial charge in [0.25, 0.3) is 0 Å². The lowest BCUT2D eigenvalue weighted by atomic mass is 9.78. The van der Waals surface area contributed by atoms with E-state index in [9.17, 15) is 0 Å². The lowest BCUT2D eigenvalue weighted by Gasteiger charge is -2.45. The molecular formula is C29H24N2O. The minimum atomic E-state index is -0.781. The fourth-order valence-electron chi connectivity index (χ4n) is 5.14. The van der Waals surface area contributed by atoms with Crippen molar-refractivity contribution in [2.75, 3.05) is 7.05 Å². The maximum Gasteiger partial charge on any atom is 0.180 e. The molecule has 1 aliphatic rings. The van der Waals surface area contributed by atoms with Crippen molar-refractivity contribution in [1.29, 1.82) is 0 Å². The van der Waals surface area contributed by atoms with E-state index in [1.165, 1.54) is 16.5 Å². The van der Waals surface area contributed by atoms with Gasteiger partial charge in [0.1, 0.15) is 0 Å². The molecule has 3 heteroatoms. The van der Waals surface area contributed by atoms with E-state index in [2.05, 4.69) is 108 Å². The number of aromatic nitrogens is 1. The third-order valence-corrected chi connectivity index (χ3v) is 6.49. The minimum Gasteiger partial charge on any atom is -0.355 e. The first-order valence-corrected chi connectivity index (χ1v) is 11.0. The first-order valence-electron chi connectivity index (χ1n) is 11.0. The van der Waals surface area contributed by atoms with Crippen LogP contribution in [-0.4, -0.2) is 17.1 Å². The largest absolute Gasteiger partial charge is 0.355 e. The highest BCUT2D eigenvalue weighted by Gasteiger charge is 2.49. The Labute approximate surface area is 187 Å². The molecule has 4 aromatic carbocycles. The predicted octanol–water partition coefficient (Wildman–Crippen LogP) is 6.43. The van der Waals surface area contributed by atoms with E-state index >= 15 is 0 Å². The summed E-state index contributed by atoms with van der Waals surface area (Å²) in [6, 6.07) is 40.1. The second-order valence-electron chi connectivity index (χ2n) is 8.32. The van der Waals surface area contributed by atoms with Crippen molar-refractivity contribution in [3.05, 3.63) is 143 Å². The molecule has 5 aromatic rings. The molecule has 0 bridgehead atoms. The van der Waals surface area contributed by atoms with E-state index in [1.807, 2.05) is 24.2 Å². The van der Waals surface area contributed by atoms with Crippen molar-refractivity contribution in [3.8, 4) is 0 Å². The molecule has 1 aromatic heterocycles. The highest BCUT2D eigenvalue weighted by Crippen LogP contribution is 2.51. The quantitative estimate of drug-likeness (QED) is 0.367. The second-order valence-corrected chi connectivity index (χ2v) is 8.32. The molecule has 32 heavy (non-hydrogen) atoms. The van der Waals surface area contributed by atoms with E-state index in [-0.39, 0.29) is 6.04 Å². The standard InChI is InChI=1S/C29H24N2O/c1-31-27(21-13-5-2-6-14-21)26-24-19-11-12-20-25(24)30-28(26)29(32-31,22-15-7-3-8-16-22)23-17-9-4-10-18-23/h2-20,27,30H,1H3/t27-/m0/s1. The van der Waals surface area contributed by atoms with Crippen LogP contribution in [0.4, 0.5) is 0 Å². The van der Waals surface area contributed by atoms with Gasteiger partial charge in [-0.3, -0.25) is 4.84 Å². The number of para-hydroxylation sites is 1. The van der Waals surface area contributed by atoms with Crippen molar-refractivity contribution in [3.63, 3.8) is 0 Å². The molecule has 1 atom stereocenters. The van der Waals surface area contributed by atoms with Crippen LogP contribution in [0.15, 0.2) is 115 Å². The Balaban J connectivity index is 1.73. The zero-order valence-electron chi connectivity index (χ0n) is 17.9. The van der Waals surface area contributed by atoms with E-state index in [0.717, 1.165) is 22.3 Å². The fourth-order valence-corrected chi connectivity index (χ4v) is 5.14. The van der Waals surface area contributed by atoms with Gasteiger partial charge in [-0.25, -0.2) is 0 Å². The molecule has 6 rings (SSSR count). The number of benzene rings is 4. The van der Waals surface area contributed by atoms with Gasteiger partial charge >= 0.3 is 0 Å². The van der Waals surface area contributed by atoms with E-state index in [4.69, 9.17) is 4.84 Å². The Hall–Kier alpha value is -3.66. The zero-order chi connectivity index (χ0) is 21.5. The van der Waals surface area contributed by atoms with Crippen LogP contribution in [0.5, 0.6) is 0 Å². The van der Waals surface area contributed by atoms with Gasteiger partial charge < -0.3 is 4.98 Å². The lowest BCUT2D eigenvalue weighted by Crippen LogP contribution is -2.46. The molecule has 0 fully saturated rings. The van der Waals surface area contributed by atoms with Crippen LogP contribution in [0.2, 0.25) is 0 Å². The molecule has 0 spiro atoms. The Kier molecular flexibility index (Phi) is 4.46. The lowest BCUT2D eigenvalue weighted by molar-refractivity contribution is -0.236. The van der Waals surface area contributed by atoms with Crippen LogP contribution in [0.1, 0.15) is 34.0 Å². The number of hydrogen-bond acceptors (Lipinski definition) is 2. The van der Waals surface area contributed by atoms with Crippen molar-refractivity contribution < 1.29 is 4.84 Å². The Bertz CT molecular complexity index is 1320. The van der Waals surface area contributed by atoms with E-state index in [0.29, 0.717) is 0 Å². The van der Waals surface area contributed by atoms with Gasteiger partial charge in [0, 0.05) is 23.5 Å². The fraction of sp³-hybridized carbons (Fsp3) is 0.103. The number of hydroxylamine groups is 2. The third kappa shape index (κ3) is 2.76. The van der Waals surface area contributed by atoms with Crippen LogP contribution in [0.3, 0.4) is 0 Å². The van der Waals surface area contributed by atoms with Crippen molar-refractivity contribution in [2.45, 2.75) is 11.6 Å². The van der Waals surface area contributed by atoms with Crippen molar-refractivity contribution >= 4 is 10.9 Å². The van der Waals surface area contributed by atoms with Gasteiger partial charge in [0.05, 0.1) is 11.7 Å². The van der Waals surface area contributed by atoms with Crippen LogP contribution >= 0.6 is 0 Å². The van der Waals surface area contributed by atoms with Gasteiger partial charge in [-0.1, -0.05) is 109 Å². The number of nitrogens with zero attached hydrogens (tertiary/aromatic N) is 1. The van der Waals surface area contributed by atoms with Crippen molar-refractivity contribution in [2.24, 2.45) is 0 Å². The molecule has 156 valence electrons. The number of rotatable bonds is 3. The highest BCUT2D eigenvalue weighted by molar-refractivity contribution is 5.87. The number of hydrogen-bond donors (Lipinski definition) is 1. The van der Waals surface area contributed by atoms with Gasteiger partial charge in [-0.15, -0.1) is 0 Å². The van der Waals surface area contributed by atoms with E-state index in [1.54, 1.807) is 0 Å². The molecule has 1 aliphatic heterocycles. The summed E-state index contributed by atoms with van der Waals surface area (Å²) in [6.45, 7) is 0. The molecule has 0 amide bonds. The third-order valence-electron chi connectivity index (χ3n) is 6.49.